The maximum absolute atomic E-state index is 12.5. The molecule has 3 heteroatoms. The number of nitrogens with one attached hydrogen (secondary N) is 2. The van der Waals surface area contributed by atoms with E-state index in [1.165, 1.54) is 12.8 Å². The van der Waals surface area contributed by atoms with Gasteiger partial charge in [-0.25, -0.2) is 0 Å². The van der Waals surface area contributed by atoms with Gasteiger partial charge >= 0.3 is 0 Å². The smallest absolute Gasteiger partial charge is 0.227 e. The summed E-state index contributed by atoms with van der Waals surface area (Å²) in [5.74, 6) is 0.471. The first-order valence-corrected chi connectivity index (χ1v) is 7.78. The molecule has 2 atom stereocenters. The molecule has 1 aromatic carbocycles. The van der Waals surface area contributed by atoms with Crippen LogP contribution in [0, 0.1) is 5.92 Å². The van der Waals surface area contributed by atoms with Crippen molar-refractivity contribution in [3.05, 3.63) is 35.9 Å². The van der Waals surface area contributed by atoms with Crippen molar-refractivity contribution in [3.8, 4) is 0 Å². The molecule has 2 unspecified atom stereocenters. The molecule has 1 saturated carbocycles. The van der Waals surface area contributed by atoms with Crippen molar-refractivity contribution in [1.82, 2.24) is 10.6 Å². The first-order chi connectivity index (χ1) is 9.72. The second-order valence-corrected chi connectivity index (χ2v) is 5.79. The van der Waals surface area contributed by atoms with Crippen LogP contribution in [0.1, 0.15) is 44.6 Å². The molecule has 0 aromatic heterocycles. The second kappa shape index (κ2) is 7.44. The Morgan fingerprint density at radius 2 is 1.95 bits per heavy atom. The number of hydrogen-bond acceptors (Lipinski definition) is 2. The lowest BCUT2D eigenvalue weighted by Gasteiger charge is -2.22. The summed E-state index contributed by atoms with van der Waals surface area (Å²) in [7, 11) is 0. The van der Waals surface area contributed by atoms with Gasteiger partial charge in [0, 0.05) is 19.1 Å². The molecule has 110 valence electrons. The van der Waals surface area contributed by atoms with Gasteiger partial charge < -0.3 is 10.6 Å². The van der Waals surface area contributed by atoms with Crippen molar-refractivity contribution in [2.24, 2.45) is 5.92 Å². The summed E-state index contributed by atoms with van der Waals surface area (Å²) in [6.45, 7) is 5.88. The third-order valence-electron chi connectivity index (χ3n) is 4.09. The number of amides is 1. The predicted molar refractivity (Wildman–Crippen MR) is 82.7 cm³/mol. The van der Waals surface area contributed by atoms with Crippen LogP contribution in [0.15, 0.2) is 30.3 Å². The molecule has 0 radical (unpaired) electrons. The lowest BCUT2D eigenvalue weighted by atomic mass is 9.85. The van der Waals surface area contributed by atoms with E-state index in [4.69, 9.17) is 0 Å². The third-order valence-corrected chi connectivity index (χ3v) is 4.09. The van der Waals surface area contributed by atoms with E-state index in [9.17, 15) is 4.79 Å². The predicted octanol–water partition coefficient (Wildman–Crippen LogP) is 2.68. The van der Waals surface area contributed by atoms with Crippen molar-refractivity contribution in [3.63, 3.8) is 0 Å². The van der Waals surface area contributed by atoms with Crippen LogP contribution in [-0.2, 0) is 4.79 Å². The molecule has 3 nitrogen and oxygen atoms in total. The van der Waals surface area contributed by atoms with Gasteiger partial charge in [0.05, 0.1) is 5.92 Å². The molecular formula is C17H26N2O. The summed E-state index contributed by atoms with van der Waals surface area (Å²) in [5.41, 5.74) is 1.12. The molecular weight excluding hydrogens is 248 g/mol. The Hall–Kier alpha value is -1.35. The average molecular weight is 274 g/mol. The van der Waals surface area contributed by atoms with Gasteiger partial charge in [-0.3, -0.25) is 4.79 Å². The van der Waals surface area contributed by atoms with Crippen LogP contribution in [0.4, 0.5) is 0 Å². The van der Waals surface area contributed by atoms with Gasteiger partial charge in [-0.15, -0.1) is 0 Å². The fourth-order valence-corrected chi connectivity index (χ4v) is 2.49. The van der Waals surface area contributed by atoms with Crippen LogP contribution in [0.25, 0.3) is 0 Å². The Morgan fingerprint density at radius 1 is 1.25 bits per heavy atom. The van der Waals surface area contributed by atoms with Crippen molar-refractivity contribution in [2.45, 2.75) is 45.1 Å². The molecule has 0 aliphatic heterocycles. The number of carbonyl (C=O) groups is 1. The highest BCUT2D eigenvalue weighted by atomic mass is 16.1. The van der Waals surface area contributed by atoms with Gasteiger partial charge in [0.2, 0.25) is 5.91 Å². The molecule has 1 fully saturated rings. The quantitative estimate of drug-likeness (QED) is 0.716. The Kier molecular flexibility index (Phi) is 5.60. The topological polar surface area (TPSA) is 41.1 Å². The first-order valence-electron chi connectivity index (χ1n) is 7.78. The molecule has 1 aromatic rings. The molecule has 20 heavy (non-hydrogen) atoms. The van der Waals surface area contributed by atoms with Crippen molar-refractivity contribution >= 4 is 5.91 Å². The van der Waals surface area contributed by atoms with E-state index in [0.29, 0.717) is 12.0 Å². The van der Waals surface area contributed by atoms with E-state index < -0.39 is 0 Å². The molecule has 1 amide bonds. The van der Waals surface area contributed by atoms with Crippen LogP contribution in [0.3, 0.4) is 0 Å². The lowest BCUT2D eigenvalue weighted by Crippen LogP contribution is -2.37. The van der Waals surface area contributed by atoms with E-state index >= 15 is 0 Å². The third kappa shape index (κ3) is 4.34. The summed E-state index contributed by atoms with van der Waals surface area (Å²) in [6, 6.07) is 10.8. The summed E-state index contributed by atoms with van der Waals surface area (Å²) in [6.07, 6.45) is 3.58. The van der Waals surface area contributed by atoms with E-state index in [2.05, 4.69) is 36.6 Å². The fourth-order valence-electron chi connectivity index (χ4n) is 2.49. The zero-order valence-corrected chi connectivity index (χ0v) is 12.6. The highest BCUT2D eigenvalue weighted by Crippen LogP contribution is 2.27. The minimum absolute atomic E-state index is 0.0397. The molecule has 2 N–H and O–H groups in total. The van der Waals surface area contributed by atoms with E-state index in [-0.39, 0.29) is 11.8 Å². The van der Waals surface area contributed by atoms with Crippen LogP contribution in [-0.4, -0.2) is 25.0 Å². The van der Waals surface area contributed by atoms with Gasteiger partial charge in [0.1, 0.15) is 0 Å². The standard InChI is InChI=1S/C17H26N2O/c1-3-13(2)16(14-7-5-4-6-8-14)17(20)19-12-11-18-15-9-10-15/h4-8,13,15-16,18H,3,9-12H2,1-2H3,(H,19,20). The van der Waals surface area contributed by atoms with E-state index in [0.717, 1.165) is 25.1 Å². The number of hydrogen-bond donors (Lipinski definition) is 2. The molecule has 2 rings (SSSR count). The zero-order chi connectivity index (χ0) is 14.4. The highest BCUT2D eigenvalue weighted by Gasteiger charge is 2.25. The molecule has 0 saturated heterocycles. The largest absolute Gasteiger partial charge is 0.354 e. The minimum atomic E-state index is -0.0397. The van der Waals surface area contributed by atoms with Crippen LogP contribution < -0.4 is 10.6 Å². The Labute approximate surface area is 122 Å². The number of rotatable bonds is 8. The summed E-state index contributed by atoms with van der Waals surface area (Å²) in [4.78, 5) is 12.5. The SMILES string of the molecule is CCC(C)C(C(=O)NCCNC1CC1)c1ccccc1. The minimum Gasteiger partial charge on any atom is -0.354 e. The van der Waals surface area contributed by atoms with Gasteiger partial charge in [0.15, 0.2) is 0 Å². The average Bonchev–Trinajstić information content (AvgIpc) is 3.29. The van der Waals surface area contributed by atoms with Crippen molar-refractivity contribution in [1.29, 1.82) is 0 Å². The maximum Gasteiger partial charge on any atom is 0.227 e. The summed E-state index contributed by atoms with van der Waals surface area (Å²) in [5, 5.41) is 6.50. The van der Waals surface area contributed by atoms with Crippen LogP contribution >= 0.6 is 0 Å². The molecule has 1 aliphatic rings. The summed E-state index contributed by atoms with van der Waals surface area (Å²) >= 11 is 0. The summed E-state index contributed by atoms with van der Waals surface area (Å²) < 4.78 is 0. The Morgan fingerprint density at radius 3 is 2.55 bits per heavy atom. The molecule has 0 bridgehead atoms. The second-order valence-electron chi connectivity index (χ2n) is 5.79. The molecule has 1 aliphatic carbocycles. The highest BCUT2D eigenvalue weighted by molar-refractivity contribution is 5.83. The van der Waals surface area contributed by atoms with Gasteiger partial charge in [-0.05, 0) is 24.3 Å². The number of benzene rings is 1. The first kappa shape index (κ1) is 15.0. The van der Waals surface area contributed by atoms with Crippen LogP contribution in [0.2, 0.25) is 0 Å². The van der Waals surface area contributed by atoms with E-state index in [1.807, 2.05) is 18.2 Å². The lowest BCUT2D eigenvalue weighted by molar-refractivity contribution is -0.123. The molecule has 0 spiro atoms. The number of carbonyl (C=O) groups excluding carboxylic acids is 1. The molecule has 0 heterocycles. The monoisotopic (exact) mass is 274 g/mol. The van der Waals surface area contributed by atoms with Gasteiger partial charge in [-0.1, -0.05) is 50.6 Å². The zero-order valence-electron chi connectivity index (χ0n) is 12.6. The fraction of sp³-hybridized carbons (Fsp3) is 0.588. The maximum atomic E-state index is 12.5. The normalized spacial score (nSPS) is 17.5. The van der Waals surface area contributed by atoms with E-state index in [1.54, 1.807) is 0 Å². The Balaban J connectivity index is 1.89. The van der Waals surface area contributed by atoms with Gasteiger partial charge in [-0.2, -0.15) is 0 Å². The van der Waals surface area contributed by atoms with Gasteiger partial charge in [0.25, 0.3) is 0 Å². The van der Waals surface area contributed by atoms with Crippen LogP contribution in [0.5, 0.6) is 0 Å². The van der Waals surface area contributed by atoms with Crippen molar-refractivity contribution < 1.29 is 4.79 Å². The van der Waals surface area contributed by atoms with Crippen molar-refractivity contribution in [2.75, 3.05) is 13.1 Å². The Bertz CT molecular complexity index is 414.